The molecule has 5 atom stereocenters. The van der Waals surface area contributed by atoms with Crippen molar-refractivity contribution in [3.8, 4) is 0 Å². The molecule has 2 aromatic rings. The number of hydrogen-bond acceptors (Lipinski definition) is 10. The number of nitrogens with zero attached hydrogens (tertiary/aromatic N) is 5. The molecule has 1 unspecified atom stereocenters. The minimum atomic E-state index is -4.24. The molecule has 33 heavy (non-hydrogen) atoms. The van der Waals surface area contributed by atoms with Crippen LogP contribution in [0.2, 0.25) is 0 Å². The number of unbranched alkanes of at least 4 members (excludes halogenated alkanes) is 3. The quantitative estimate of drug-likeness (QED) is 0.302. The van der Waals surface area contributed by atoms with Gasteiger partial charge >= 0.3 is 13.9 Å². The van der Waals surface area contributed by atoms with Gasteiger partial charge in [-0.2, -0.15) is 0 Å². The molecule has 182 valence electrons. The van der Waals surface area contributed by atoms with Crippen molar-refractivity contribution in [1.82, 2.24) is 24.4 Å². The van der Waals surface area contributed by atoms with Gasteiger partial charge in [-0.25, -0.2) is 24.3 Å². The van der Waals surface area contributed by atoms with Gasteiger partial charge in [0.15, 0.2) is 23.2 Å². The minimum Gasteiger partial charge on any atom is -0.386 e. The average molecular weight is 485 g/mol. The number of carbonyl (C=O) groups excluding carboxylic acids is 1. The Morgan fingerprint density at radius 3 is 2.91 bits per heavy atom. The molecule has 2 aliphatic heterocycles. The number of rotatable bonds is 8. The van der Waals surface area contributed by atoms with Gasteiger partial charge in [0.05, 0.1) is 12.9 Å². The Kier molecular flexibility index (Phi) is 7.24. The number of phosphoric ester groups is 1. The van der Waals surface area contributed by atoms with Crippen LogP contribution in [-0.4, -0.2) is 85.5 Å². The predicted octanol–water partition coefficient (Wildman–Crippen LogP) is 0.583. The lowest BCUT2D eigenvalue weighted by Gasteiger charge is -2.27. The Bertz CT molecular complexity index is 1040. The molecule has 5 N–H and O–H groups in total. The van der Waals surface area contributed by atoms with E-state index in [9.17, 15) is 19.4 Å². The lowest BCUT2D eigenvalue weighted by Crippen LogP contribution is -2.39. The van der Waals surface area contributed by atoms with Gasteiger partial charge in [-0.3, -0.25) is 18.9 Å². The third-order valence-electron chi connectivity index (χ3n) is 5.62. The fourth-order valence-electron chi connectivity index (χ4n) is 3.84. The number of nitrogens with two attached hydrogens (primary N) is 1. The molecule has 0 spiro atoms. The second-order valence-electron chi connectivity index (χ2n) is 7.99. The van der Waals surface area contributed by atoms with Crippen LogP contribution in [0.5, 0.6) is 0 Å². The van der Waals surface area contributed by atoms with Crippen LogP contribution < -0.4 is 11.1 Å². The number of phosphoric acid groups is 1. The van der Waals surface area contributed by atoms with Crippen LogP contribution in [0.1, 0.15) is 31.9 Å². The number of ether oxygens (including phenoxy) is 1. The smallest absolute Gasteiger partial charge is 0.386 e. The van der Waals surface area contributed by atoms with Crippen molar-refractivity contribution in [2.75, 3.05) is 32.1 Å². The molecule has 2 aliphatic rings. The second-order valence-corrected chi connectivity index (χ2v) is 9.40. The maximum absolute atomic E-state index is 12.6. The van der Waals surface area contributed by atoms with E-state index in [1.54, 1.807) is 11.9 Å². The van der Waals surface area contributed by atoms with E-state index in [0.29, 0.717) is 24.3 Å². The van der Waals surface area contributed by atoms with Gasteiger partial charge in [-0.1, -0.05) is 12.8 Å². The summed E-state index contributed by atoms with van der Waals surface area (Å²) in [5.74, 6) is 0.211. The number of fused-ring (bicyclic) bond motifs is 2. The van der Waals surface area contributed by atoms with Gasteiger partial charge < -0.3 is 25.4 Å². The minimum absolute atomic E-state index is 0.201. The molecule has 2 saturated heterocycles. The van der Waals surface area contributed by atoms with Crippen LogP contribution >= 0.6 is 7.82 Å². The molecule has 0 aliphatic carbocycles. The first-order valence-electron chi connectivity index (χ1n) is 10.7. The Hall–Kier alpha value is -2.19. The predicted molar refractivity (Wildman–Crippen MR) is 115 cm³/mol. The molecule has 0 radical (unpaired) electrons. The first-order chi connectivity index (χ1) is 15.8. The molecule has 0 aromatic carbocycles. The molecule has 2 fully saturated rings. The number of amides is 2. The van der Waals surface area contributed by atoms with E-state index in [1.807, 2.05) is 0 Å². The number of aromatic nitrogens is 4. The molecule has 4 heterocycles. The van der Waals surface area contributed by atoms with Gasteiger partial charge in [0.2, 0.25) is 0 Å². The second kappa shape index (κ2) is 9.97. The fraction of sp³-hybridized carbons (Fsp3) is 0.667. The lowest BCUT2D eigenvalue weighted by atomic mass is 10.1. The SMILES string of the molecule is CN(CCCCCCN)C(=O)Nc1ncnc2c1ncn2[C@@H]1O[C@@H]2COP(=O)(O)O[C@H]2[C@H]1O. The van der Waals surface area contributed by atoms with Crippen LogP contribution in [0.4, 0.5) is 10.6 Å². The highest BCUT2D eigenvalue weighted by molar-refractivity contribution is 7.47. The maximum Gasteiger partial charge on any atom is 0.472 e. The summed E-state index contributed by atoms with van der Waals surface area (Å²) in [5.41, 5.74) is 6.10. The summed E-state index contributed by atoms with van der Waals surface area (Å²) in [6.07, 6.45) is 2.47. The summed E-state index contributed by atoms with van der Waals surface area (Å²) in [6.45, 7) is 1.05. The summed E-state index contributed by atoms with van der Waals surface area (Å²) in [7, 11) is -2.55. The molecular formula is C18H28N7O7P. The number of anilines is 1. The van der Waals surface area contributed by atoms with Crippen molar-refractivity contribution in [2.45, 2.75) is 50.2 Å². The van der Waals surface area contributed by atoms with E-state index < -0.39 is 32.4 Å². The zero-order valence-corrected chi connectivity index (χ0v) is 19.0. The van der Waals surface area contributed by atoms with Crippen molar-refractivity contribution >= 4 is 30.8 Å². The summed E-state index contributed by atoms with van der Waals surface area (Å²) < 4.78 is 28.7. The van der Waals surface area contributed by atoms with Crippen molar-refractivity contribution < 1.29 is 33.1 Å². The zero-order chi connectivity index (χ0) is 23.6. The van der Waals surface area contributed by atoms with Crippen molar-refractivity contribution in [2.24, 2.45) is 5.73 Å². The third kappa shape index (κ3) is 5.17. The number of carbonyl (C=O) groups is 1. The molecule has 15 heteroatoms. The maximum atomic E-state index is 12.6. The van der Waals surface area contributed by atoms with Gasteiger partial charge in [-0.05, 0) is 19.4 Å². The van der Waals surface area contributed by atoms with E-state index in [1.165, 1.54) is 17.2 Å². The highest BCUT2D eigenvalue weighted by Crippen LogP contribution is 2.52. The summed E-state index contributed by atoms with van der Waals surface area (Å²) in [4.78, 5) is 36.3. The first kappa shape index (κ1) is 24.0. The number of aliphatic hydroxyl groups excluding tert-OH is 1. The van der Waals surface area contributed by atoms with Gasteiger partial charge in [0.25, 0.3) is 0 Å². The topological polar surface area (TPSA) is 187 Å². The molecule has 2 amide bonds. The summed E-state index contributed by atoms with van der Waals surface area (Å²) in [5, 5.41) is 13.4. The van der Waals surface area contributed by atoms with Crippen molar-refractivity contribution in [1.29, 1.82) is 0 Å². The lowest BCUT2D eigenvalue weighted by molar-refractivity contribution is -0.0664. The Balaban J connectivity index is 1.45. The standard InChI is InChI=1S/C18H28N7O7P/c1-24(7-5-3-2-4-6-19)18(27)23-15-12-16(21-9-20-15)25(10-22-12)17-13(26)14-11(31-17)8-30-33(28,29)32-14/h9-11,13-14,17,26H,2-8,19H2,1H3,(H,28,29)(H,20,21,23,27)/t11-,13-,14-,17-/m1/s1. The molecular weight excluding hydrogens is 457 g/mol. The molecule has 2 aromatic heterocycles. The molecule has 14 nitrogen and oxygen atoms in total. The fourth-order valence-corrected chi connectivity index (χ4v) is 4.80. The van der Waals surface area contributed by atoms with Gasteiger partial charge in [0.1, 0.15) is 24.6 Å². The Labute approximate surface area is 189 Å². The van der Waals surface area contributed by atoms with Crippen LogP contribution in [0.3, 0.4) is 0 Å². The van der Waals surface area contributed by atoms with E-state index in [0.717, 1.165) is 25.7 Å². The first-order valence-corrected chi connectivity index (χ1v) is 12.2. The largest absolute Gasteiger partial charge is 0.472 e. The number of urea groups is 1. The number of imidazole rings is 1. The van der Waals surface area contributed by atoms with Gasteiger partial charge in [0, 0.05) is 13.6 Å². The number of hydrogen-bond donors (Lipinski definition) is 4. The van der Waals surface area contributed by atoms with E-state index in [-0.39, 0.29) is 18.5 Å². The highest BCUT2D eigenvalue weighted by Gasteiger charge is 2.52. The van der Waals surface area contributed by atoms with Crippen molar-refractivity contribution in [3.63, 3.8) is 0 Å². The monoisotopic (exact) mass is 485 g/mol. The van der Waals surface area contributed by atoms with Crippen LogP contribution in [0.25, 0.3) is 11.2 Å². The van der Waals surface area contributed by atoms with Crippen LogP contribution in [0.15, 0.2) is 12.7 Å². The van der Waals surface area contributed by atoms with E-state index in [4.69, 9.17) is 19.5 Å². The van der Waals surface area contributed by atoms with Crippen LogP contribution in [-0.2, 0) is 18.3 Å². The number of aliphatic hydroxyl groups is 1. The number of nitrogens with one attached hydrogen (secondary N) is 1. The third-order valence-corrected chi connectivity index (χ3v) is 6.60. The summed E-state index contributed by atoms with van der Waals surface area (Å²) >= 11 is 0. The Morgan fingerprint density at radius 1 is 1.33 bits per heavy atom. The normalized spacial score (nSPS) is 29.2. The molecule has 0 bridgehead atoms. The van der Waals surface area contributed by atoms with Crippen LogP contribution in [0, 0.1) is 0 Å². The van der Waals surface area contributed by atoms with Crippen molar-refractivity contribution in [3.05, 3.63) is 12.7 Å². The molecule has 0 saturated carbocycles. The molecule has 4 rings (SSSR count). The zero-order valence-electron chi connectivity index (χ0n) is 18.1. The summed E-state index contributed by atoms with van der Waals surface area (Å²) in [6, 6.07) is -0.337. The highest BCUT2D eigenvalue weighted by atomic mass is 31.2. The van der Waals surface area contributed by atoms with E-state index in [2.05, 4.69) is 20.3 Å². The van der Waals surface area contributed by atoms with E-state index >= 15 is 0 Å². The Morgan fingerprint density at radius 2 is 2.12 bits per heavy atom. The van der Waals surface area contributed by atoms with Gasteiger partial charge in [-0.15, -0.1) is 0 Å². The average Bonchev–Trinajstić information content (AvgIpc) is 3.34.